The van der Waals surface area contributed by atoms with Crippen molar-refractivity contribution in [1.29, 1.82) is 0 Å². The van der Waals surface area contributed by atoms with Gasteiger partial charge in [0.2, 0.25) is 0 Å². The Balaban J connectivity index is 2.17. The first-order chi connectivity index (χ1) is 9.88. The van der Waals surface area contributed by atoms with Gasteiger partial charge in [-0.1, -0.05) is 45.2 Å². The van der Waals surface area contributed by atoms with Crippen LogP contribution in [0.1, 0.15) is 21.5 Å². The van der Waals surface area contributed by atoms with Crippen LogP contribution in [0.4, 0.5) is 0 Å². The number of aryl methyl sites for hydroxylation is 1. The van der Waals surface area contributed by atoms with Crippen molar-refractivity contribution in [3.63, 3.8) is 0 Å². The molecule has 0 aliphatic carbocycles. The number of carbonyl (C=O) groups excluding carboxylic acids is 1. The molecule has 2 rings (SSSR count). The Kier molecular flexibility index (Phi) is 5.31. The Morgan fingerprint density at radius 3 is 2.52 bits per heavy atom. The van der Waals surface area contributed by atoms with Crippen LogP contribution in [0.5, 0.6) is 0 Å². The van der Waals surface area contributed by atoms with E-state index in [1.54, 1.807) is 30.1 Å². The van der Waals surface area contributed by atoms with Crippen LogP contribution < -0.4 is 0 Å². The molecule has 2 nitrogen and oxygen atoms in total. The van der Waals surface area contributed by atoms with Crippen LogP contribution in [0.15, 0.2) is 40.9 Å². The molecule has 110 valence electrons. The molecule has 21 heavy (non-hydrogen) atoms. The fourth-order valence-corrected chi connectivity index (χ4v) is 2.69. The zero-order valence-corrected chi connectivity index (χ0v) is 14.8. The third-order valence-electron chi connectivity index (χ3n) is 3.17. The second-order valence-electron chi connectivity index (χ2n) is 4.86. The zero-order valence-electron chi connectivity index (χ0n) is 11.7. The number of benzene rings is 2. The summed E-state index contributed by atoms with van der Waals surface area (Å²) in [6, 6.07) is 10.8. The van der Waals surface area contributed by atoms with E-state index in [2.05, 4.69) is 15.9 Å². The summed E-state index contributed by atoms with van der Waals surface area (Å²) < 4.78 is 0.988. The number of carbonyl (C=O) groups is 1. The van der Waals surface area contributed by atoms with E-state index >= 15 is 0 Å². The largest absolute Gasteiger partial charge is 0.337 e. The molecule has 0 fully saturated rings. The van der Waals surface area contributed by atoms with E-state index in [4.69, 9.17) is 23.2 Å². The van der Waals surface area contributed by atoms with Gasteiger partial charge in [-0.05, 0) is 48.4 Å². The molecule has 0 spiro atoms. The van der Waals surface area contributed by atoms with Gasteiger partial charge in [0.1, 0.15) is 0 Å². The number of hydrogen-bond acceptors (Lipinski definition) is 1. The van der Waals surface area contributed by atoms with Gasteiger partial charge in [-0.2, -0.15) is 0 Å². The van der Waals surface area contributed by atoms with Gasteiger partial charge in [-0.15, -0.1) is 0 Å². The zero-order chi connectivity index (χ0) is 15.6. The molecule has 0 N–H and O–H groups in total. The summed E-state index contributed by atoms with van der Waals surface area (Å²) in [4.78, 5) is 14.1. The van der Waals surface area contributed by atoms with Gasteiger partial charge in [-0.3, -0.25) is 4.79 Å². The highest BCUT2D eigenvalue weighted by Crippen LogP contribution is 2.23. The number of rotatable bonds is 3. The minimum atomic E-state index is -0.0448. The average molecular weight is 387 g/mol. The van der Waals surface area contributed by atoms with Gasteiger partial charge in [0, 0.05) is 33.7 Å². The van der Waals surface area contributed by atoms with Crippen molar-refractivity contribution in [2.24, 2.45) is 0 Å². The van der Waals surface area contributed by atoms with E-state index in [1.165, 1.54) is 0 Å². The Morgan fingerprint density at radius 1 is 1.19 bits per heavy atom. The lowest BCUT2D eigenvalue weighted by Gasteiger charge is -2.18. The molecule has 0 aromatic heterocycles. The molecule has 0 radical (unpaired) electrons. The minimum Gasteiger partial charge on any atom is -0.337 e. The summed E-state index contributed by atoms with van der Waals surface area (Å²) in [6.45, 7) is 2.39. The maximum absolute atomic E-state index is 12.4. The monoisotopic (exact) mass is 385 g/mol. The molecule has 1 amide bonds. The minimum absolute atomic E-state index is 0.0448. The lowest BCUT2D eigenvalue weighted by atomic mass is 10.1. The lowest BCUT2D eigenvalue weighted by molar-refractivity contribution is 0.0785. The van der Waals surface area contributed by atoms with Crippen molar-refractivity contribution in [2.75, 3.05) is 7.05 Å². The van der Waals surface area contributed by atoms with Crippen molar-refractivity contribution >= 4 is 45.0 Å². The van der Waals surface area contributed by atoms with E-state index in [0.29, 0.717) is 22.2 Å². The van der Waals surface area contributed by atoms with Crippen LogP contribution in [-0.2, 0) is 6.54 Å². The molecule has 0 atom stereocenters. The second-order valence-corrected chi connectivity index (χ2v) is 6.56. The molecule has 0 unspecified atom stereocenters. The average Bonchev–Trinajstić information content (AvgIpc) is 2.44. The first kappa shape index (κ1) is 16.3. The van der Waals surface area contributed by atoms with E-state index < -0.39 is 0 Å². The van der Waals surface area contributed by atoms with Crippen LogP contribution in [0.3, 0.4) is 0 Å². The molecule has 0 bridgehead atoms. The molecular formula is C16H14BrCl2NO. The van der Waals surface area contributed by atoms with Crippen LogP contribution in [-0.4, -0.2) is 17.9 Å². The summed E-state index contributed by atoms with van der Waals surface area (Å²) in [5.74, 6) is -0.0448. The Labute approximate surface area is 142 Å². The predicted molar refractivity (Wildman–Crippen MR) is 91.1 cm³/mol. The Morgan fingerprint density at radius 2 is 1.90 bits per heavy atom. The van der Waals surface area contributed by atoms with Crippen molar-refractivity contribution in [3.05, 3.63) is 67.6 Å². The molecule has 0 aliphatic rings. The van der Waals surface area contributed by atoms with E-state index in [0.717, 1.165) is 15.6 Å². The van der Waals surface area contributed by atoms with E-state index in [9.17, 15) is 4.79 Å². The van der Waals surface area contributed by atoms with Gasteiger partial charge < -0.3 is 4.90 Å². The SMILES string of the molecule is Cc1cc(C(=O)N(C)Cc2ccc(Cl)cc2Cl)ccc1Br. The molecule has 2 aromatic rings. The summed E-state index contributed by atoms with van der Waals surface area (Å²) in [5.41, 5.74) is 2.55. The van der Waals surface area contributed by atoms with Gasteiger partial charge >= 0.3 is 0 Å². The number of hydrogen-bond donors (Lipinski definition) is 0. The molecular weight excluding hydrogens is 373 g/mol. The quantitative estimate of drug-likeness (QED) is 0.697. The predicted octanol–water partition coefficient (Wildman–Crippen LogP) is 5.34. The number of halogens is 3. The third-order valence-corrected chi connectivity index (χ3v) is 4.65. The summed E-state index contributed by atoms with van der Waals surface area (Å²) in [5, 5.41) is 1.15. The molecule has 0 heterocycles. The van der Waals surface area contributed by atoms with Crippen LogP contribution in [0.2, 0.25) is 10.0 Å². The van der Waals surface area contributed by atoms with Crippen molar-refractivity contribution in [3.8, 4) is 0 Å². The van der Waals surface area contributed by atoms with Crippen LogP contribution in [0, 0.1) is 6.92 Å². The topological polar surface area (TPSA) is 20.3 Å². The summed E-state index contributed by atoms with van der Waals surface area (Å²) in [7, 11) is 1.75. The Bertz CT molecular complexity index is 688. The molecule has 0 saturated heterocycles. The number of nitrogens with zero attached hydrogens (tertiary/aromatic N) is 1. The maximum atomic E-state index is 12.4. The fraction of sp³-hybridized carbons (Fsp3) is 0.188. The normalized spacial score (nSPS) is 10.5. The summed E-state index contributed by atoms with van der Waals surface area (Å²) in [6.07, 6.45) is 0. The first-order valence-electron chi connectivity index (χ1n) is 6.34. The maximum Gasteiger partial charge on any atom is 0.253 e. The van der Waals surface area contributed by atoms with Gasteiger partial charge in [-0.25, -0.2) is 0 Å². The summed E-state index contributed by atoms with van der Waals surface area (Å²) >= 11 is 15.4. The molecule has 0 saturated carbocycles. The smallest absolute Gasteiger partial charge is 0.253 e. The lowest BCUT2D eigenvalue weighted by Crippen LogP contribution is -2.26. The highest BCUT2D eigenvalue weighted by atomic mass is 79.9. The number of amides is 1. The molecule has 5 heteroatoms. The van der Waals surface area contributed by atoms with Crippen molar-refractivity contribution in [2.45, 2.75) is 13.5 Å². The van der Waals surface area contributed by atoms with Gasteiger partial charge in [0.15, 0.2) is 0 Å². The second kappa shape index (κ2) is 6.82. The first-order valence-corrected chi connectivity index (χ1v) is 7.89. The highest BCUT2D eigenvalue weighted by Gasteiger charge is 2.14. The van der Waals surface area contributed by atoms with E-state index in [1.807, 2.05) is 25.1 Å². The highest BCUT2D eigenvalue weighted by molar-refractivity contribution is 9.10. The Hall–Kier alpha value is -1.03. The van der Waals surface area contributed by atoms with Gasteiger partial charge in [0.25, 0.3) is 5.91 Å². The van der Waals surface area contributed by atoms with Crippen LogP contribution >= 0.6 is 39.1 Å². The van der Waals surface area contributed by atoms with Crippen LogP contribution in [0.25, 0.3) is 0 Å². The fourth-order valence-electron chi connectivity index (χ4n) is 1.98. The van der Waals surface area contributed by atoms with Gasteiger partial charge in [0.05, 0.1) is 0 Å². The third kappa shape index (κ3) is 4.00. The van der Waals surface area contributed by atoms with Crippen molar-refractivity contribution < 1.29 is 4.79 Å². The standard InChI is InChI=1S/C16H14BrCl2NO/c1-10-7-11(4-6-14(10)17)16(21)20(2)9-12-3-5-13(18)8-15(12)19/h3-8H,9H2,1-2H3. The molecule has 2 aromatic carbocycles. The van der Waals surface area contributed by atoms with E-state index in [-0.39, 0.29) is 5.91 Å². The van der Waals surface area contributed by atoms with Crippen molar-refractivity contribution in [1.82, 2.24) is 4.90 Å². The molecule has 0 aliphatic heterocycles.